The van der Waals surface area contributed by atoms with Crippen LogP contribution in [0.15, 0.2) is 42.0 Å². The third-order valence-corrected chi connectivity index (χ3v) is 4.82. The first-order chi connectivity index (χ1) is 11.8. The summed E-state index contributed by atoms with van der Waals surface area (Å²) >= 11 is 0. The number of piperazine rings is 1. The van der Waals surface area contributed by atoms with Gasteiger partial charge in [0, 0.05) is 57.9 Å². The second-order valence-electron chi connectivity index (χ2n) is 6.51. The number of benzene rings is 1. The van der Waals surface area contributed by atoms with Gasteiger partial charge < -0.3 is 15.5 Å². The van der Waals surface area contributed by atoms with Crippen LogP contribution in [0.3, 0.4) is 0 Å². The molecule has 0 spiro atoms. The number of carbonyl (C=O) groups is 1. The van der Waals surface area contributed by atoms with Crippen molar-refractivity contribution in [2.24, 2.45) is 0 Å². The van der Waals surface area contributed by atoms with E-state index in [-0.39, 0.29) is 5.91 Å². The standard InChI is InChI=1S/C19H28N4O/c24-19(21-16-17-6-9-20-10-7-17)8-11-22-12-14-23(15-13-22)18-4-2-1-3-5-18/h1-6,20H,7-16H2,(H,21,24). The second kappa shape index (κ2) is 8.85. The van der Waals surface area contributed by atoms with E-state index in [0.29, 0.717) is 13.0 Å². The molecule has 0 bridgehead atoms. The highest BCUT2D eigenvalue weighted by atomic mass is 16.1. The maximum absolute atomic E-state index is 12.0. The van der Waals surface area contributed by atoms with Gasteiger partial charge in [0.05, 0.1) is 0 Å². The summed E-state index contributed by atoms with van der Waals surface area (Å²) in [5, 5.41) is 6.34. The number of carbonyl (C=O) groups excluding carboxylic acids is 1. The van der Waals surface area contributed by atoms with Crippen molar-refractivity contribution in [2.75, 3.05) is 57.3 Å². The summed E-state index contributed by atoms with van der Waals surface area (Å²) in [5.41, 5.74) is 2.64. The summed E-state index contributed by atoms with van der Waals surface area (Å²) in [6, 6.07) is 10.6. The van der Waals surface area contributed by atoms with Gasteiger partial charge >= 0.3 is 0 Å². The van der Waals surface area contributed by atoms with Crippen LogP contribution < -0.4 is 15.5 Å². The summed E-state index contributed by atoms with van der Waals surface area (Å²) in [7, 11) is 0. The molecule has 0 unspecified atom stereocenters. The Morgan fingerprint density at radius 2 is 1.92 bits per heavy atom. The Labute approximate surface area is 144 Å². The molecule has 24 heavy (non-hydrogen) atoms. The van der Waals surface area contributed by atoms with Crippen LogP contribution in [-0.2, 0) is 4.79 Å². The van der Waals surface area contributed by atoms with Crippen molar-refractivity contribution < 1.29 is 4.79 Å². The molecule has 5 heteroatoms. The molecule has 2 aliphatic heterocycles. The molecule has 2 aliphatic rings. The number of anilines is 1. The molecule has 0 radical (unpaired) electrons. The Kier molecular flexibility index (Phi) is 6.26. The molecule has 0 atom stereocenters. The fraction of sp³-hybridized carbons (Fsp3) is 0.526. The minimum atomic E-state index is 0.167. The first kappa shape index (κ1) is 17.0. The van der Waals surface area contributed by atoms with E-state index in [1.807, 2.05) is 0 Å². The van der Waals surface area contributed by atoms with Gasteiger partial charge in [0.2, 0.25) is 5.91 Å². The van der Waals surface area contributed by atoms with Gasteiger partial charge in [-0.25, -0.2) is 0 Å². The molecule has 130 valence electrons. The van der Waals surface area contributed by atoms with Crippen molar-refractivity contribution in [1.29, 1.82) is 0 Å². The van der Waals surface area contributed by atoms with E-state index in [4.69, 9.17) is 0 Å². The number of nitrogens with zero attached hydrogens (tertiary/aromatic N) is 2. The van der Waals surface area contributed by atoms with E-state index in [9.17, 15) is 4.79 Å². The minimum absolute atomic E-state index is 0.167. The second-order valence-corrected chi connectivity index (χ2v) is 6.51. The predicted octanol–water partition coefficient (Wildman–Crippen LogP) is 1.23. The zero-order valence-electron chi connectivity index (χ0n) is 14.3. The van der Waals surface area contributed by atoms with E-state index >= 15 is 0 Å². The van der Waals surface area contributed by atoms with Crippen molar-refractivity contribution in [3.05, 3.63) is 42.0 Å². The maximum atomic E-state index is 12.0. The highest BCUT2D eigenvalue weighted by molar-refractivity contribution is 5.76. The minimum Gasteiger partial charge on any atom is -0.369 e. The number of amides is 1. The smallest absolute Gasteiger partial charge is 0.221 e. The summed E-state index contributed by atoms with van der Waals surface area (Å²) in [6.45, 7) is 7.64. The summed E-state index contributed by atoms with van der Waals surface area (Å²) in [5.74, 6) is 0.167. The zero-order chi connectivity index (χ0) is 16.6. The molecular formula is C19H28N4O. The first-order valence-electron chi connectivity index (χ1n) is 8.99. The summed E-state index contributed by atoms with van der Waals surface area (Å²) in [4.78, 5) is 16.8. The van der Waals surface area contributed by atoms with Crippen molar-refractivity contribution in [3.8, 4) is 0 Å². The van der Waals surface area contributed by atoms with Gasteiger partial charge in [-0.3, -0.25) is 9.69 Å². The van der Waals surface area contributed by atoms with Gasteiger partial charge in [0.25, 0.3) is 0 Å². The normalized spacial score (nSPS) is 19.0. The Morgan fingerprint density at radius 3 is 2.62 bits per heavy atom. The third kappa shape index (κ3) is 5.08. The number of para-hydroxylation sites is 1. The first-order valence-corrected chi connectivity index (χ1v) is 8.99. The monoisotopic (exact) mass is 328 g/mol. The lowest BCUT2D eigenvalue weighted by atomic mass is 10.1. The number of nitrogens with one attached hydrogen (secondary N) is 2. The van der Waals surface area contributed by atoms with Crippen molar-refractivity contribution in [1.82, 2.24) is 15.5 Å². The number of rotatable bonds is 6. The molecule has 2 heterocycles. The highest BCUT2D eigenvalue weighted by Gasteiger charge is 2.17. The van der Waals surface area contributed by atoms with Crippen LogP contribution in [0.4, 0.5) is 5.69 Å². The Morgan fingerprint density at radius 1 is 1.12 bits per heavy atom. The molecule has 2 N–H and O–H groups in total. The number of hydrogen-bond acceptors (Lipinski definition) is 4. The molecular weight excluding hydrogens is 300 g/mol. The lowest BCUT2D eigenvalue weighted by molar-refractivity contribution is -0.121. The van der Waals surface area contributed by atoms with Crippen molar-refractivity contribution >= 4 is 11.6 Å². The predicted molar refractivity (Wildman–Crippen MR) is 98.3 cm³/mol. The highest BCUT2D eigenvalue weighted by Crippen LogP contribution is 2.15. The van der Waals surface area contributed by atoms with E-state index in [0.717, 1.165) is 52.2 Å². The van der Waals surface area contributed by atoms with Crippen LogP contribution in [0.25, 0.3) is 0 Å². The zero-order valence-corrected chi connectivity index (χ0v) is 14.3. The average molecular weight is 328 g/mol. The van der Waals surface area contributed by atoms with Gasteiger partial charge in [-0.05, 0) is 25.1 Å². The van der Waals surface area contributed by atoms with Crippen LogP contribution in [0, 0.1) is 0 Å². The lowest BCUT2D eigenvalue weighted by Gasteiger charge is -2.36. The fourth-order valence-electron chi connectivity index (χ4n) is 3.26. The van der Waals surface area contributed by atoms with Gasteiger partial charge in [0.1, 0.15) is 0 Å². The average Bonchev–Trinajstić information content (AvgIpc) is 2.67. The maximum Gasteiger partial charge on any atom is 0.221 e. The molecule has 1 saturated heterocycles. The Balaban J connectivity index is 1.33. The molecule has 1 amide bonds. The molecule has 5 nitrogen and oxygen atoms in total. The molecule has 1 aromatic rings. The molecule has 0 aromatic heterocycles. The quantitative estimate of drug-likeness (QED) is 0.771. The molecule has 1 aromatic carbocycles. The van der Waals surface area contributed by atoms with Crippen LogP contribution in [-0.4, -0.2) is 63.2 Å². The van der Waals surface area contributed by atoms with E-state index in [1.54, 1.807) is 0 Å². The van der Waals surface area contributed by atoms with Crippen LogP contribution in [0.2, 0.25) is 0 Å². The summed E-state index contributed by atoms with van der Waals surface area (Å²) < 4.78 is 0. The molecule has 3 rings (SSSR count). The SMILES string of the molecule is O=C(CCN1CCN(c2ccccc2)CC1)NCC1=CCNCC1. The molecule has 0 saturated carbocycles. The summed E-state index contributed by atoms with van der Waals surface area (Å²) in [6.07, 6.45) is 3.82. The Bertz CT molecular complexity index is 550. The fourth-order valence-corrected chi connectivity index (χ4v) is 3.26. The van der Waals surface area contributed by atoms with Crippen molar-refractivity contribution in [3.63, 3.8) is 0 Å². The molecule has 1 fully saturated rings. The Hall–Kier alpha value is -1.85. The lowest BCUT2D eigenvalue weighted by Crippen LogP contribution is -2.47. The van der Waals surface area contributed by atoms with E-state index in [2.05, 4.69) is 56.8 Å². The van der Waals surface area contributed by atoms with Gasteiger partial charge in [-0.1, -0.05) is 29.8 Å². The van der Waals surface area contributed by atoms with Gasteiger partial charge in [-0.15, -0.1) is 0 Å². The molecule has 0 aliphatic carbocycles. The third-order valence-electron chi connectivity index (χ3n) is 4.82. The largest absolute Gasteiger partial charge is 0.369 e. The van der Waals surface area contributed by atoms with Crippen LogP contribution in [0.1, 0.15) is 12.8 Å². The van der Waals surface area contributed by atoms with E-state index < -0.39 is 0 Å². The van der Waals surface area contributed by atoms with Gasteiger partial charge in [-0.2, -0.15) is 0 Å². The number of hydrogen-bond donors (Lipinski definition) is 2. The van der Waals surface area contributed by atoms with E-state index in [1.165, 1.54) is 11.3 Å². The van der Waals surface area contributed by atoms with Crippen molar-refractivity contribution in [2.45, 2.75) is 12.8 Å². The van der Waals surface area contributed by atoms with Crippen LogP contribution >= 0.6 is 0 Å². The topological polar surface area (TPSA) is 47.6 Å². The van der Waals surface area contributed by atoms with Gasteiger partial charge in [0.15, 0.2) is 0 Å². The van der Waals surface area contributed by atoms with Crippen LogP contribution in [0.5, 0.6) is 0 Å².